The molecular weight excluding hydrogens is 144 g/mol. The Bertz CT molecular complexity index is 178. The summed E-state index contributed by atoms with van der Waals surface area (Å²) in [6.07, 6.45) is 3.03. The van der Waals surface area contributed by atoms with Crippen LogP contribution in [0.25, 0.3) is 0 Å². The van der Waals surface area contributed by atoms with Crippen molar-refractivity contribution < 1.29 is 14.3 Å². The molecule has 1 aliphatic carbocycles. The largest absolute Gasteiger partial charge is 0.459 e. The van der Waals surface area contributed by atoms with Crippen LogP contribution in [-0.4, -0.2) is 25.3 Å². The van der Waals surface area contributed by atoms with Gasteiger partial charge in [-0.25, -0.2) is 0 Å². The van der Waals surface area contributed by atoms with Gasteiger partial charge in [0.2, 0.25) is 0 Å². The first-order valence-corrected chi connectivity index (χ1v) is 4.04. The van der Waals surface area contributed by atoms with Crippen molar-refractivity contribution >= 4 is 5.97 Å². The van der Waals surface area contributed by atoms with Crippen molar-refractivity contribution in [3.63, 3.8) is 0 Å². The number of rotatable bonds is 1. The summed E-state index contributed by atoms with van der Waals surface area (Å²) < 4.78 is 10.3. The van der Waals surface area contributed by atoms with Gasteiger partial charge < -0.3 is 9.47 Å². The molecule has 2 aliphatic heterocycles. The van der Waals surface area contributed by atoms with Gasteiger partial charge in [0.15, 0.2) is 0 Å². The average Bonchev–Trinajstić information content (AvgIpc) is 2.05. The van der Waals surface area contributed by atoms with Crippen LogP contribution in [-0.2, 0) is 14.3 Å². The van der Waals surface area contributed by atoms with Gasteiger partial charge in [-0.3, -0.25) is 4.79 Å². The number of hydrogen-bond acceptors (Lipinski definition) is 3. The molecule has 0 N–H and O–H groups in total. The molecule has 3 rings (SSSR count). The molecule has 11 heavy (non-hydrogen) atoms. The van der Waals surface area contributed by atoms with Gasteiger partial charge in [0.05, 0.1) is 12.0 Å². The summed E-state index contributed by atoms with van der Waals surface area (Å²) in [4.78, 5) is 11.0. The highest BCUT2D eigenvalue weighted by Crippen LogP contribution is 2.35. The summed E-state index contributed by atoms with van der Waals surface area (Å²) in [5, 5.41) is 0. The second-order valence-corrected chi connectivity index (χ2v) is 3.26. The Morgan fingerprint density at radius 1 is 1.55 bits per heavy atom. The first kappa shape index (κ1) is 7.10. The molecule has 3 atom stereocenters. The van der Waals surface area contributed by atoms with Gasteiger partial charge in [0, 0.05) is 7.11 Å². The summed E-state index contributed by atoms with van der Waals surface area (Å²) in [7, 11) is 1.68. The molecule has 2 bridgehead atoms. The lowest BCUT2D eigenvalue weighted by Gasteiger charge is -2.39. The van der Waals surface area contributed by atoms with E-state index >= 15 is 0 Å². The number of carbonyl (C=O) groups is 1. The maximum Gasteiger partial charge on any atom is 0.309 e. The molecule has 1 saturated carbocycles. The predicted molar refractivity (Wildman–Crippen MR) is 38.0 cm³/mol. The summed E-state index contributed by atoms with van der Waals surface area (Å²) in [6.45, 7) is 0. The highest BCUT2D eigenvalue weighted by Gasteiger charge is 2.42. The Morgan fingerprint density at radius 3 is 2.82 bits per heavy atom. The normalized spacial score (nSPS) is 42.3. The Labute approximate surface area is 65.7 Å². The second kappa shape index (κ2) is 2.48. The van der Waals surface area contributed by atoms with Crippen LogP contribution in [0.3, 0.4) is 0 Å². The van der Waals surface area contributed by atoms with Crippen LogP contribution < -0.4 is 0 Å². The molecule has 0 aromatic rings. The Morgan fingerprint density at radius 2 is 2.36 bits per heavy atom. The molecule has 0 aromatic heterocycles. The Hall–Kier alpha value is -0.570. The third-order valence-corrected chi connectivity index (χ3v) is 2.63. The maximum atomic E-state index is 11.0. The number of methoxy groups -OCH3 is 1. The van der Waals surface area contributed by atoms with Gasteiger partial charge in [-0.15, -0.1) is 0 Å². The zero-order chi connectivity index (χ0) is 7.84. The fraction of sp³-hybridized carbons (Fsp3) is 0.875. The molecule has 3 aliphatic rings. The van der Waals surface area contributed by atoms with Crippen molar-refractivity contribution in [1.29, 1.82) is 0 Å². The lowest BCUT2D eigenvalue weighted by Crippen LogP contribution is -2.47. The smallest absolute Gasteiger partial charge is 0.309 e. The van der Waals surface area contributed by atoms with Crippen molar-refractivity contribution in [2.75, 3.05) is 7.11 Å². The van der Waals surface area contributed by atoms with Crippen LogP contribution in [0, 0.1) is 5.92 Å². The molecule has 62 valence electrons. The van der Waals surface area contributed by atoms with Crippen LogP contribution in [0.15, 0.2) is 0 Å². The van der Waals surface area contributed by atoms with Crippen LogP contribution in [0.4, 0.5) is 0 Å². The van der Waals surface area contributed by atoms with Crippen molar-refractivity contribution in [3.05, 3.63) is 0 Å². The van der Waals surface area contributed by atoms with Crippen molar-refractivity contribution in [2.24, 2.45) is 5.92 Å². The number of fused-ring (bicyclic) bond motifs is 3. The molecule has 3 heteroatoms. The summed E-state index contributed by atoms with van der Waals surface area (Å²) in [5.41, 5.74) is 0. The molecular formula is C8H12O3. The molecule has 0 unspecified atom stereocenters. The van der Waals surface area contributed by atoms with Crippen LogP contribution in [0.2, 0.25) is 0 Å². The van der Waals surface area contributed by atoms with Crippen LogP contribution in [0.5, 0.6) is 0 Å². The van der Waals surface area contributed by atoms with E-state index in [0.717, 1.165) is 19.3 Å². The predicted octanol–water partition coefficient (Wildman–Crippen LogP) is 0.727. The topological polar surface area (TPSA) is 35.5 Å². The van der Waals surface area contributed by atoms with Crippen molar-refractivity contribution in [3.8, 4) is 0 Å². The third kappa shape index (κ3) is 1.03. The number of ether oxygens (including phenoxy) is 2. The molecule has 0 aromatic carbocycles. The van der Waals surface area contributed by atoms with E-state index in [4.69, 9.17) is 9.47 Å². The third-order valence-electron chi connectivity index (χ3n) is 2.63. The second-order valence-electron chi connectivity index (χ2n) is 3.26. The molecule has 3 fully saturated rings. The van der Waals surface area contributed by atoms with Crippen molar-refractivity contribution in [1.82, 2.24) is 0 Å². The fourth-order valence-electron chi connectivity index (χ4n) is 1.94. The van der Waals surface area contributed by atoms with Gasteiger partial charge in [-0.1, -0.05) is 0 Å². The lowest BCUT2D eigenvalue weighted by atomic mass is 9.82. The minimum absolute atomic E-state index is 0.0189. The number of carbonyl (C=O) groups excluding carboxylic acids is 1. The first-order chi connectivity index (χ1) is 5.31. The van der Waals surface area contributed by atoms with E-state index in [1.54, 1.807) is 7.11 Å². The average molecular weight is 156 g/mol. The minimum atomic E-state index is -0.0189. The van der Waals surface area contributed by atoms with Gasteiger partial charge in [0.25, 0.3) is 0 Å². The van der Waals surface area contributed by atoms with Gasteiger partial charge in [-0.05, 0) is 19.3 Å². The van der Waals surface area contributed by atoms with E-state index in [0.29, 0.717) is 0 Å². The molecule has 3 nitrogen and oxygen atoms in total. The van der Waals surface area contributed by atoms with Crippen LogP contribution in [0.1, 0.15) is 19.3 Å². The zero-order valence-corrected chi connectivity index (χ0v) is 6.58. The Balaban J connectivity index is 2.10. The summed E-state index contributed by atoms with van der Waals surface area (Å²) in [5.74, 6) is 0.0968. The van der Waals surface area contributed by atoms with E-state index in [9.17, 15) is 4.79 Å². The maximum absolute atomic E-state index is 11.0. The van der Waals surface area contributed by atoms with E-state index in [1.807, 2.05) is 0 Å². The fourth-order valence-corrected chi connectivity index (χ4v) is 1.94. The number of hydrogen-bond donors (Lipinski definition) is 0. The van der Waals surface area contributed by atoms with E-state index in [2.05, 4.69) is 0 Å². The van der Waals surface area contributed by atoms with Crippen LogP contribution >= 0.6 is 0 Å². The van der Waals surface area contributed by atoms with Gasteiger partial charge in [0.1, 0.15) is 6.10 Å². The van der Waals surface area contributed by atoms with Crippen molar-refractivity contribution in [2.45, 2.75) is 31.5 Å². The highest BCUT2D eigenvalue weighted by atomic mass is 16.6. The highest BCUT2D eigenvalue weighted by molar-refractivity contribution is 5.74. The summed E-state index contributed by atoms with van der Waals surface area (Å²) in [6, 6.07) is 0. The van der Waals surface area contributed by atoms with Gasteiger partial charge >= 0.3 is 5.97 Å². The SMILES string of the molecule is CO[C@H]1C[C@H]2CC[C@@H]1OC2=O. The van der Waals surface area contributed by atoms with Gasteiger partial charge in [-0.2, -0.15) is 0 Å². The molecule has 2 saturated heterocycles. The van der Waals surface area contributed by atoms with E-state index in [-0.39, 0.29) is 24.1 Å². The monoisotopic (exact) mass is 156 g/mol. The standard InChI is InChI=1S/C8H12O3/c1-10-7-4-5-2-3-6(7)11-8(5)9/h5-7H,2-4H2,1H3/t5-,6+,7+/m1/s1. The number of esters is 1. The molecule has 0 spiro atoms. The van der Waals surface area contributed by atoms with E-state index in [1.165, 1.54) is 0 Å². The molecule has 0 radical (unpaired) electrons. The first-order valence-electron chi connectivity index (χ1n) is 4.04. The Kier molecular flexibility index (Phi) is 1.60. The van der Waals surface area contributed by atoms with E-state index < -0.39 is 0 Å². The summed E-state index contributed by atoms with van der Waals surface area (Å²) >= 11 is 0. The lowest BCUT2D eigenvalue weighted by molar-refractivity contribution is -0.186. The minimum Gasteiger partial charge on any atom is -0.459 e. The zero-order valence-electron chi connectivity index (χ0n) is 6.58. The quantitative estimate of drug-likeness (QED) is 0.525. The molecule has 0 amide bonds. The molecule has 2 heterocycles.